The van der Waals surface area contributed by atoms with E-state index in [4.69, 9.17) is 0 Å². The Hall–Kier alpha value is 0.160. The van der Waals surface area contributed by atoms with Gasteiger partial charge in [0.05, 0.1) is 6.04 Å². The number of rotatable bonds is 2. The highest BCUT2D eigenvalue weighted by molar-refractivity contribution is 9.17. The first kappa shape index (κ1) is 14.6. The summed E-state index contributed by atoms with van der Waals surface area (Å²) in [5.74, 6) is 0. The van der Waals surface area contributed by atoms with E-state index in [1.807, 2.05) is 30.3 Å². The minimum Gasteiger partial charge on any atom is -0.374 e. The largest absolute Gasteiger partial charge is 0.374 e. The summed E-state index contributed by atoms with van der Waals surface area (Å²) in [6, 6.07) is 10.1. The zero-order valence-corrected chi connectivity index (χ0v) is 15.5. The molecule has 1 unspecified atom stereocenters. The lowest BCUT2D eigenvalue weighted by atomic mass is 10.0. The zero-order valence-electron chi connectivity index (χ0n) is 9.18. The average Bonchev–Trinajstić information content (AvgIpc) is 2.40. The van der Waals surface area contributed by atoms with E-state index in [1.165, 1.54) is 0 Å². The van der Waals surface area contributed by atoms with E-state index in [0.717, 1.165) is 29.2 Å². The summed E-state index contributed by atoms with van der Waals surface area (Å²) >= 11 is 14.2. The second kappa shape index (κ2) is 6.07. The van der Waals surface area contributed by atoms with Crippen molar-refractivity contribution in [3.05, 3.63) is 60.4 Å². The van der Waals surface area contributed by atoms with E-state index in [0.29, 0.717) is 0 Å². The number of benzene rings is 1. The van der Waals surface area contributed by atoms with Crippen molar-refractivity contribution in [1.29, 1.82) is 0 Å². The molecular weight excluding hydrogens is 490 g/mol. The van der Waals surface area contributed by atoms with Crippen LogP contribution in [0.5, 0.6) is 0 Å². The third kappa shape index (κ3) is 2.84. The van der Waals surface area contributed by atoms with Gasteiger partial charge in [-0.3, -0.25) is 0 Å². The standard InChI is InChI=1S/C13H9Br4N/c1-7-9(14)10(15)11(16)12(17)13(7)18-8-5-3-2-4-6-8/h2-6,13,18H,1H2. The molecule has 18 heavy (non-hydrogen) atoms. The number of halogens is 4. The Labute approximate surface area is 140 Å². The Bertz CT molecular complexity index is 545. The summed E-state index contributed by atoms with van der Waals surface area (Å²) in [4.78, 5) is 0. The van der Waals surface area contributed by atoms with Gasteiger partial charge in [0.2, 0.25) is 0 Å². The molecule has 1 nitrogen and oxygen atoms in total. The van der Waals surface area contributed by atoms with Gasteiger partial charge < -0.3 is 5.32 Å². The van der Waals surface area contributed by atoms with E-state index in [2.05, 4.69) is 75.6 Å². The second-order valence-corrected chi connectivity index (χ2v) is 6.99. The summed E-state index contributed by atoms with van der Waals surface area (Å²) in [5.41, 5.74) is 2.03. The molecule has 0 spiro atoms. The second-order valence-electron chi connectivity index (χ2n) is 3.76. The lowest BCUT2D eigenvalue weighted by Crippen LogP contribution is -2.25. The van der Waals surface area contributed by atoms with Crippen LogP contribution in [-0.2, 0) is 0 Å². The summed E-state index contributed by atoms with van der Waals surface area (Å²) in [6.45, 7) is 4.13. The molecule has 1 aromatic rings. The van der Waals surface area contributed by atoms with Gasteiger partial charge in [-0.05, 0) is 65.5 Å². The fraction of sp³-hybridized carbons (Fsp3) is 0.0769. The first-order chi connectivity index (χ1) is 8.52. The van der Waals surface area contributed by atoms with Gasteiger partial charge in [-0.15, -0.1) is 0 Å². The molecule has 0 fully saturated rings. The van der Waals surface area contributed by atoms with E-state index >= 15 is 0 Å². The molecule has 0 aliphatic heterocycles. The van der Waals surface area contributed by atoms with Crippen LogP contribution in [0.2, 0.25) is 0 Å². The van der Waals surface area contributed by atoms with Crippen LogP contribution in [0, 0.1) is 0 Å². The fourth-order valence-corrected chi connectivity index (χ4v) is 4.04. The quantitative estimate of drug-likeness (QED) is 0.524. The molecular formula is C13H9Br4N. The lowest BCUT2D eigenvalue weighted by Gasteiger charge is -2.27. The van der Waals surface area contributed by atoms with E-state index in [-0.39, 0.29) is 6.04 Å². The fourth-order valence-electron chi connectivity index (χ4n) is 1.60. The first-order valence-corrected chi connectivity index (χ1v) is 8.31. The molecule has 0 aromatic heterocycles. The monoisotopic (exact) mass is 495 g/mol. The number of anilines is 1. The SMILES string of the molecule is C=C1C(Br)=C(Br)C(Br)=C(Br)C1Nc1ccccc1. The molecule has 0 radical (unpaired) electrons. The molecule has 5 heteroatoms. The number of hydrogen-bond donors (Lipinski definition) is 1. The van der Waals surface area contributed by atoms with Crippen LogP contribution in [0.15, 0.2) is 60.4 Å². The highest BCUT2D eigenvalue weighted by Crippen LogP contribution is 2.45. The summed E-state index contributed by atoms with van der Waals surface area (Å²) in [5, 5.41) is 3.44. The maximum Gasteiger partial charge on any atom is 0.0849 e. The van der Waals surface area contributed by atoms with Crippen LogP contribution in [-0.4, -0.2) is 6.04 Å². The molecule has 0 amide bonds. The minimum atomic E-state index is 0.0115. The molecule has 2 rings (SSSR count). The van der Waals surface area contributed by atoms with E-state index in [9.17, 15) is 0 Å². The molecule has 0 saturated heterocycles. The van der Waals surface area contributed by atoms with Crippen molar-refractivity contribution in [1.82, 2.24) is 0 Å². The van der Waals surface area contributed by atoms with Crippen molar-refractivity contribution < 1.29 is 0 Å². The van der Waals surface area contributed by atoms with Crippen LogP contribution in [0.1, 0.15) is 0 Å². The van der Waals surface area contributed by atoms with Crippen molar-refractivity contribution in [3.8, 4) is 0 Å². The molecule has 1 atom stereocenters. The van der Waals surface area contributed by atoms with Gasteiger partial charge in [-0.2, -0.15) is 0 Å². The maximum atomic E-state index is 4.13. The summed E-state index contributed by atoms with van der Waals surface area (Å²) in [7, 11) is 0. The molecule has 1 aliphatic carbocycles. The van der Waals surface area contributed by atoms with Crippen molar-refractivity contribution in [2.45, 2.75) is 6.04 Å². The Morgan fingerprint density at radius 1 is 0.889 bits per heavy atom. The average molecular weight is 499 g/mol. The van der Waals surface area contributed by atoms with Crippen LogP contribution >= 0.6 is 63.7 Å². The van der Waals surface area contributed by atoms with Crippen molar-refractivity contribution in [3.63, 3.8) is 0 Å². The molecule has 1 N–H and O–H groups in total. The molecule has 1 aromatic carbocycles. The molecule has 1 aliphatic rings. The zero-order chi connectivity index (χ0) is 13.3. The van der Waals surface area contributed by atoms with Crippen LogP contribution in [0.25, 0.3) is 0 Å². The van der Waals surface area contributed by atoms with Crippen LogP contribution in [0.3, 0.4) is 0 Å². The van der Waals surface area contributed by atoms with Gasteiger partial charge >= 0.3 is 0 Å². The Balaban J connectivity index is 2.33. The molecule has 94 valence electrons. The topological polar surface area (TPSA) is 12.0 Å². The smallest absolute Gasteiger partial charge is 0.0849 e. The minimum absolute atomic E-state index is 0.0115. The molecule has 0 bridgehead atoms. The van der Waals surface area contributed by atoms with Gasteiger partial charge in [0.15, 0.2) is 0 Å². The van der Waals surface area contributed by atoms with Gasteiger partial charge in [-0.25, -0.2) is 0 Å². The summed E-state index contributed by atoms with van der Waals surface area (Å²) < 4.78 is 3.93. The predicted molar refractivity (Wildman–Crippen MR) is 92.8 cm³/mol. The van der Waals surface area contributed by atoms with E-state index < -0.39 is 0 Å². The third-order valence-electron chi connectivity index (χ3n) is 2.56. The number of allylic oxidation sites excluding steroid dienone is 2. The van der Waals surface area contributed by atoms with Crippen LogP contribution in [0.4, 0.5) is 5.69 Å². The Morgan fingerprint density at radius 3 is 2.11 bits per heavy atom. The van der Waals surface area contributed by atoms with Gasteiger partial charge in [-0.1, -0.05) is 40.7 Å². The van der Waals surface area contributed by atoms with Crippen molar-refractivity contribution in [2.75, 3.05) is 5.32 Å². The van der Waals surface area contributed by atoms with Crippen LogP contribution < -0.4 is 5.32 Å². The lowest BCUT2D eigenvalue weighted by molar-refractivity contribution is 1.03. The normalized spacial score (nSPS) is 20.4. The number of nitrogens with one attached hydrogen (secondary N) is 1. The molecule has 0 heterocycles. The van der Waals surface area contributed by atoms with Gasteiger partial charge in [0, 0.05) is 23.6 Å². The van der Waals surface area contributed by atoms with Crippen molar-refractivity contribution >= 4 is 69.4 Å². The van der Waals surface area contributed by atoms with Gasteiger partial charge in [0.25, 0.3) is 0 Å². The Morgan fingerprint density at radius 2 is 1.50 bits per heavy atom. The molecule has 0 saturated carbocycles. The van der Waals surface area contributed by atoms with Crippen molar-refractivity contribution in [2.24, 2.45) is 0 Å². The number of para-hydroxylation sites is 1. The highest BCUT2D eigenvalue weighted by Gasteiger charge is 2.28. The Kier molecular flexibility index (Phi) is 4.92. The van der Waals surface area contributed by atoms with Gasteiger partial charge in [0.1, 0.15) is 0 Å². The van der Waals surface area contributed by atoms with E-state index in [1.54, 1.807) is 0 Å². The highest BCUT2D eigenvalue weighted by atomic mass is 79.9. The number of hydrogen-bond acceptors (Lipinski definition) is 1. The first-order valence-electron chi connectivity index (χ1n) is 5.14. The third-order valence-corrected chi connectivity index (χ3v) is 7.54. The predicted octanol–water partition coefficient (Wildman–Crippen LogP) is 6.04. The summed E-state index contributed by atoms with van der Waals surface area (Å²) in [6.07, 6.45) is 0. The maximum absolute atomic E-state index is 4.13.